The van der Waals surface area contributed by atoms with Crippen molar-refractivity contribution in [2.24, 2.45) is 0 Å². The fourth-order valence-electron chi connectivity index (χ4n) is 3.91. The van der Waals surface area contributed by atoms with E-state index in [1.807, 2.05) is 0 Å². The second-order valence-electron chi connectivity index (χ2n) is 6.70. The Morgan fingerprint density at radius 3 is 2.48 bits per heavy atom. The summed E-state index contributed by atoms with van der Waals surface area (Å²) in [5, 5.41) is 9.85. The molecule has 1 aromatic heterocycles. The minimum Gasteiger partial charge on any atom is -0.392 e. The number of hydrogen-bond donors (Lipinski definition) is 1. The Bertz CT molecular complexity index is 557. The number of likely N-dealkylation sites (tertiary alicyclic amines) is 1. The van der Waals surface area contributed by atoms with E-state index in [4.69, 9.17) is 12.2 Å². The van der Waals surface area contributed by atoms with Crippen molar-refractivity contribution in [3.8, 4) is 0 Å². The Morgan fingerprint density at radius 1 is 1.10 bits per heavy atom. The van der Waals surface area contributed by atoms with Gasteiger partial charge in [0.2, 0.25) is 0 Å². The summed E-state index contributed by atoms with van der Waals surface area (Å²) in [6.07, 6.45) is 7.02. The molecule has 0 unspecified atom stereocenters. The maximum atomic E-state index is 9.85. The molecule has 1 aromatic rings. The fraction of sp³-hybridized carbons (Fsp3) is 0.812. The van der Waals surface area contributed by atoms with Gasteiger partial charge in [-0.1, -0.05) is 12.8 Å². The number of β-amino-alcohol motifs (C(OH)–C–C–N with tert-alkyl or cyclic N) is 1. The number of imidazole rings is 1. The van der Waals surface area contributed by atoms with Gasteiger partial charge in [-0.15, -0.1) is 0 Å². The molecular formula is C16H27N3OS. The van der Waals surface area contributed by atoms with E-state index in [0.29, 0.717) is 6.04 Å². The zero-order valence-electron chi connectivity index (χ0n) is 13.2. The SMILES string of the molecule is Cc1c(C)n(C2CCCC2)c(=S)n1CN1CCC[C@H](O)C1. The van der Waals surface area contributed by atoms with Crippen molar-refractivity contribution in [2.75, 3.05) is 13.1 Å². The number of aliphatic hydroxyl groups excluding tert-OH is 1. The van der Waals surface area contributed by atoms with E-state index in [2.05, 4.69) is 27.9 Å². The van der Waals surface area contributed by atoms with Crippen LogP contribution in [0.25, 0.3) is 0 Å². The highest BCUT2D eigenvalue weighted by Gasteiger charge is 2.24. The first-order chi connectivity index (χ1) is 10.1. The van der Waals surface area contributed by atoms with Gasteiger partial charge in [-0.05, 0) is 51.7 Å². The van der Waals surface area contributed by atoms with Crippen molar-refractivity contribution in [1.29, 1.82) is 0 Å². The van der Waals surface area contributed by atoms with Gasteiger partial charge in [0, 0.05) is 30.5 Å². The lowest BCUT2D eigenvalue weighted by Gasteiger charge is -2.30. The van der Waals surface area contributed by atoms with Crippen molar-refractivity contribution in [1.82, 2.24) is 14.0 Å². The summed E-state index contributed by atoms with van der Waals surface area (Å²) in [6, 6.07) is 0.601. The average molecular weight is 309 g/mol. The molecule has 0 radical (unpaired) electrons. The van der Waals surface area contributed by atoms with Crippen molar-refractivity contribution in [3.05, 3.63) is 16.2 Å². The standard InChI is InChI=1S/C16H27N3OS/c1-12-13(2)19(14-6-3-4-7-14)16(21)18(12)11-17-9-5-8-15(20)10-17/h14-15,20H,3-11H2,1-2H3/t15-/m0/s1. The molecule has 1 saturated carbocycles. The van der Waals surface area contributed by atoms with Gasteiger partial charge in [-0.3, -0.25) is 4.90 Å². The number of rotatable bonds is 3. The maximum Gasteiger partial charge on any atom is 0.181 e. The summed E-state index contributed by atoms with van der Waals surface area (Å²) in [7, 11) is 0. The van der Waals surface area contributed by atoms with Gasteiger partial charge >= 0.3 is 0 Å². The largest absolute Gasteiger partial charge is 0.392 e. The zero-order valence-corrected chi connectivity index (χ0v) is 14.0. The zero-order chi connectivity index (χ0) is 15.0. The van der Waals surface area contributed by atoms with Crippen molar-refractivity contribution >= 4 is 12.2 Å². The van der Waals surface area contributed by atoms with Crippen molar-refractivity contribution in [3.63, 3.8) is 0 Å². The summed E-state index contributed by atoms with van der Waals surface area (Å²) in [5.41, 5.74) is 2.61. The van der Waals surface area contributed by atoms with Gasteiger partial charge in [-0.25, -0.2) is 0 Å². The molecule has 1 aliphatic heterocycles. The molecular weight excluding hydrogens is 282 g/mol. The number of hydrogen-bond acceptors (Lipinski definition) is 3. The average Bonchev–Trinajstić information content (AvgIpc) is 3.03. The van der Waals surface area contributed by atoms with Crippen LogP contribution in [0, 0.1) is 18.6 Å². The second-order valence-corrected chi connectivity index (χ2v) is 7.07. The maximum absolute atomic E-state index is 9.85. The Labute approximate surface area is 132 Å². The first-order valence-corrected chi connectivity index (χ1v) is 8.67. The van der Waals surface area contributed by atoms with Crippen LogP contribution in [0.4, 0.5) is 0 Å². The van der Waals surface area contributed by atoms with E-state index in [-0.39, 0.29) is 6.10 Å². The van der Waals surface area contributed by atoms with Crippen LogP contribution in [0.5, 0.6) is 0 Å². The predicted octanol–water partition coefficient (Wildman–Crippen LogP) is 3.17. The monoisotopic (exact) mass is 309 g/mol. The Hall–Kier alpha value is -0.650. The number of piperidine rings is 1. The normalized spacial score (nSPS) is 24.8. The number of nitrogens with zero attached hydrogens (tertiary/aromatic N) is 3. The lowest BCUT2D eigenvalue weighted by Crippen LogP contribution is -2.39. The van der Waals surface area contributed by atoms with E-state index < -0.39 is 0 Å². The second kappa shape index (κ2) is 6.23. The molecule has 118 valence electrons. The Balaban J connectivity index is 1.85. The molecule has 0 aromatic carbocycles. The van der Waals surface area contributed by atoms with Gasteiger partial charge in [0.25, 0.3) is 0 Å². The van der Waals surface area contributed by atoms with Gasteiger partial charge < -0.3 is 14.2 Å². The van der Waals surface area contributed by atoms with Crippen LogP contribution < -0.4 is 0 Å². The fourth-order valence-corrected chi connectivity index (χ4v) is 4.39. The third-order valence-electron chi connectivity index (χ3n) is 5.24. The van der Waals surface area contributed by atoms with Crippen LogP contribution >= 0.6 is 12.2 Å². The molecule has 2 heterocycles. The summed E-state index contributed by atoms with van der Waals surface area (Å²) in [5.74, 6) is 0. The molecule has 1 atom stereocenters. The Kier molecular flexibility index (Phi) is 4.52. The number of aromatic nitrogens is 2. The highest BCUT2D eigenvalue weighted by atomic mass is 32.1. The highest BCUT2D eigenvalue weighted by Crippen LogP contribution is 2.32. The van der Waals surface area contributed by atoms with Crippen LogP contribution in [0.15, 0.2) is 0 Å². The molecule has 1 saturated heterocycles. The summed E-state index contributed by atoms with van der Waals surface area (Å²) in [6.45, 7) is 7.03. The summed E-state index contributed by atoms with van der Waals surface area (Å²) >= 11 is 5.77. The molecule has 2 aliphatic rings. The number of aliphatic hydroxyl groups is 1. The van der Waals surface area contributed by atoms with E-state index in [1.54, 1.807) is 0 Å². The molecule has 1 N–H and O–H groups in total. The van der Waals surface area contributed by atoms with Gasteiger partial charge in [0.1, 0.15) is 0 Å². The van der Waals surface area contributed by atoms with Gasteiger partial charge in [0.05, 0.1) is 12.8 Å². The molecule has 5 heteroatoms. The van der Waals surface area contributed by atoms with Crippen molar-refractivity contribution in [2.45, 2.75) is 71.2 Å². The van der Waals surface area contributed by atoms with E-state index >= 15 is 0 Å². The molecule has 2 fully saturated rings. The molecule has 0 spiro atoms. The van der Waals surface area contributed by atoms with Crippen LogP contribution in [0.1, 0.15) is 56.0 Å². The third kappa shape index (κ3) is 2.96. The molecule has 3 rings (SSSR count). The molecule has 21 heavy (non-hydrogen) atoms. The lowest BCUT2D eigenvalue weighted by molar-refractivity contribution is 0.0535. The van der Waals surface area contributed by atoms with Crippen LogP contribution in [0.2, 0.25) is 0 Å². The topological polar surface area (TPSA) is 33.3 Å². The minimum absolute atomic E-state index is 0.175. The van der Waals surface area contributed by atoms with E-state index in [1.165, 1.54) is 37.1 Å². The van der Waals surface area contributed by atoms with Gasteiger partial charge in [-0.2, -0.15) is 0 Å². The molecule has 1 aliphatic carbocycles. The lowest BCUT2D eigenvalue weighted by atomic mass is 10.1. The van der Waals surface area contributed by atoms with Crippen molar-refractivity contribution < 1.29 is 5.11 Å². The Morgan fingerprint density at radius 2 is 1.81 bits per heavy atom. The van der Waals surface area contributed by atoms with E-state index in [0.717, 1.165) is 37.4 Å². The first kappa shape index (κ1) is 15.3. The molecule has 4 nitrogen and oxygen atoms in total. The van der Waals surface area contributed by atoms with Crippen LogP contribution in [0.3, 0.4) is 0 Å². The van der Waals surface area contributed by atoms with Gasteiger partial charge in [0.15, 0.2) is 4.77 Å². The quantitative estimate of drug-likeness (QED) is 0.871. The minimum atomic E-state index is -0.175. The summed E-state index contributed by atoms with van der Waals surface area (Å²) < 4.78 is 5.62. The smallest absolute Gasteiger partial charge is 0.181 e. The highest BCUT2D eigenvalue weighted by molar-refractivity contribution is 7.71. The summed E-state index contributed by atoms with van der Waals surface area (Å²) in [4.78, 5) is 2.33. The molecule has 0 amide bonds. The predicted molar refractivity (Wildman–Crippen MR) is 87.0 cm³/mol. The molecule has 0 bridgehead atoms. The van der Waals surface area contributed by atoms with Crippen LogP contribution in [-0.4, -0.2) is 38.3 Å². The first-order valence-electron chi connectivity index (χ1n) is 8.26. The van der Waals surface area contributed by atoms with E-state index in [9.17, 15) is 5.11 Å². The van der Waals surface area contributed by atoms with Crippen LogP contribution in [-0.2, 0) is 6.67 Å². The third-order valence-corrected chi connectivity index (χ3v) is 5.66.